The van der Waals surface area contributed by atoms with Crippen LogP contribution in [0.15, 0.2) is 52.2 Å². The van der Waals surface area contributed by atoms with E-state index in [4.69, 9.17) is 4.42 Å². The first-order valence-corrected chi connectivity index (χ1v) is 13.4. The number of amides is 2. The van der Waals surface area contributed by atoms with E-state index in [0.29, 0.717) is 23.9 Å². The van der Waals surface area contributed by atoms with Crippen molar-refractivity contribution in [3.8, 4) is 11.6 Å². The number of rotatable bonds is 8. The summed E-state index contributed by atoms with van der Waals surface area (Å²) in [6.07, 6.45) is 9.60. The Balaban J connectivity index is 1.17. The summed E-state index contributed by atoms with van der Waals surface area (Å²) in [5, 5.41) is 12.5. The normalized spacial score (nSPS) is 16.5. The van der Waals surface area contributed by atoms with Crippen LogP contribution < -0.4 is 5.32 Å². The number of carbonyl (C=O) groups excluding carboxylic acids is 2. The van der Waals surface area contributed by atoms with Crippen LogP contribution in [0, 0.1) is 0 Å². The molecule has 1 aliphatic carbocycles. The minimum Gasteiger partial charge on any atom is -0.461 e. The number of furan rings is 1. The molecule has 2 aliphatic rings. The molecule has 2 fully saturated rings. The van der Waals surface area contributed by atoms with Crippen molar-refractivity contribution in [1.82, 2.24) is 25.0 Å². The average molecular weight is 494 g/mol. The lowest BCUT2D eigenvalue weighted by Gasteiger charge is -2.25. The van der Waals surface area contributed by atoms with Crippen molar-refractivity contribution in [2.45, 2.75) is 62.7 Å². The van der Waals surface area contributed by atoms with E-state index in [1.807, 2.05) is 41.3 Å². The van der Waals surface area contributed by atoms with Gasteiger partial charge >= 0.3 is 0 Å². The number of aromatic nitrogens is 3. The van der Waals surface area contributed by atoms with Crippen molar-refractivity contribution in [3.63, 3.8) is 0 Å². The van der Waals surface area contributed by atoms with Gasteiger partial charge in [-0.1, -0.05) is 43.2 Å². The summed E-state index contributed by atoms with van der Waals surface area (Å²) in [5.74, 6) is 1.71. The van der Waals surface area contributed by atoms with Crippen molar-refractivity contribution in [2.24, 2.45) is 0 Å². The highest BCUT2D eigenvalue weighted by Crippen LogP contribution is 2.35. The summed E-state index contributed by atoms with van der Waals surface area (Å²) in [7, 11) is 0. The molecule has 0 spiro atoms. The van der Waals surface area contributed by atoms with E-state index in [-0.39, 0.29) is 17.6 Å². The van der Waals surface area contributed by atoms with Crippen molar-refractivity contribution in [3.05, 3.63) is 53.8 Å². The zero-order valence-corrected chi connectivity index (χ0v) is 20.6. The summed E-state index contributed by atoms with van der Waals surface area (Å²) in [4.78, 5) is 27.0. The van der Waals surface area contributed by atoms with E-state index in [2.05, 4.69) is 20.1 Å². The van der Waals surface area contributed by atoms with Crippen molar-refractivity contribution in [1.29, 1.82) is 0 Å². The molecule has 2 aromatic heterocycles. The van der Waals surface area contributed by atoms with E-state index in [1.165, 1.54) is 31.0 Å². The van der Waals surface area contributed by atoms with Gasteiger partial charge in [-0.3, -0.25) is 14.2 Å². The highest BCUT2D eigenvalue weighted by atomic mass is 32.2. The van der Waals surface area contributed by atoms with Crippen LogP contribution >= 0.6 is 11.8 Å². The van der Waals surface area contributed by atoms with E-state index < -0.39 is 0 Å². The molecule has 2 amide bonds. The minimum atomic E-state index is -0.0648. The monoisotopic (exact) mass is 493 g/mol. The molecule has 1 saturated heterocycles. The minimum absolute atomic E-state index is 0.0648. The number of benzene rings is 1. The fraction of sp³-hybridized carbons (Fsp3) is 0.462. The van der Waals surface area contributed by atoms with Crippen molar-refractivity contribution in [2.75, 3.05) is 18.8 Å². The van der Waals surface area contributed by atoms with E-state index in [1.54, 1.807) is 6.26 Å². The van der Waals surface area contributed by atoms with Gasteiger partial charge in [-0.25, -0.2) is 0 Å². The first kappa shape index (κ1) is 23.7. The quantitative estimate of drug-likeness (QED) is 0.458. The van der Waals surface area contributed by atoms with E-state index in [9.17, 15) is 9.59 Å². The second kappa shape index (κ2) is 11.1. The number of likely N-dealkylation sites (tertiary alicyclic amines) is 1. The second-order valence-electron chi connectivity index (χ2n) is 9.21. The summed E-state index contributed by atoms with van der Waals surface area (Å²) in [5.41, 5.74) is 1.67. The topological polar surface area (TPSA) is 93.3 Å². The van der Waals surface area contributed by atoms with Gasteiger partial charge in [0, 0.05) is 31.2 Å². The molecule has 0 bridgehead atoms. The summed E-state index contributed by atoms with van der Waals surface area (Å²) in [6, 6.07) is 11.6. The van der Waals surface area contributed by atoms with Crippen molar-refractivity contribution >= 4 is 23.6 Å². The first-order chi connectivity index (χ1) is 17.2. The fourth-order valence-electron chi connectivity index (χ4n) is 4.87. The van der Waals surface area contributed by atoms with Gasteiger partial charge in [0.25, 0.3) is 5.91 Å². The van der Waals surface area contributed by atoms with Gasteiger partial charge in [0.1, 0.15) is 0 Å². The number of nitrogens with zero attached hydrogens (tertiary/aromatic N) is 4. The van der Waals surface area contributed by atoms with Crippen LogP contribution in [0.5, 0.6) is 0 Å². The Morgan fingerprint density at radius 2 is 1.77 bits per heavy atom. The van der Waals surface area contributed by atoms with Crippen LogP contribution in [-0.4, -0.2) is 50.3 Å². The van der Waals surface area contributed by atoms with Gasteiger partial charge in [0.15, 0.2) is 10.9 Å². The number of hydrogen-bond acceptors (Lipinski definition) is 6. The molecule has 1 saturated carbocycles. The number of thioether (sulfide) groups is 1. The molecule has 5 rings (SSSR count). The largest absolute Gasteiger partial charge is 0.461 e. The number of carbonyl (C=O) groups is 2. The third-order valence-electron chi connectivity index (χ3n) is 6.76. The Labute approximate surface area is 209 Å². The Morgan fingerprint density at radius 3 is 2.49 bits per heavy atom. The lowest BCUT2D eigenvalue weighted by molar-refractivity contribution is -0.118. The Morgan fingerprint density at radius 1 is 1.00 bits per heavy atom. The molecule has 1 N–H and O–H groups in total. The maximum Gasteiger partial charge on any atom is 0.253 e. The van der Waals surface area contributed by atoms with Gasteiger partial charge < -0.3 is 14.6 Å². The standard InChI is InChI=1S/C26H31N5O3S/c32-23(27-17-19-10-12-20(13-11-19)25(33)30-14-4-5-15-30)18-35-26-29-28-24(22-9-6-16-34-22)31(26)21-7-2-1-3-8-21/h6,9-13,16,21H,1-5,7-8,14-15,17-18H2,(H,27,32). The molecule has 1 aliphatic heterocycles. The van der Waals surface area contributed by atoms with Crippen LogP contribution in [-0.2, 0) is 11.3 Å². The van der Waals surface area contributed by atoms with Crippen LogP contribution in [0.3, 0.4) is 0 Å². The predicted molar refractivity (Wildman–Crippen MR) is 134 cm³/mol. The fourth-order valence-corrected chi connectivity index (χ4v) is 5.70. The Hall–Kier alpha value is -3.07. The molecule has 1 aromatic carbocycles. The van der Waals surface area contributed by atoms with Gasteiger partial charge in [0.05, 0.1) is 12.0 Å². The van der Waals surface area contributed by atoms with Crippen LogP contribution in [0.2, 0.25) is 0 Å². The van der Waals surface area contributed by atoms with Gasteiger partial charge in [0.2, 0.25) is 11.7 Å². The highest BCUT2D eigenvalue weighted by molar-refractivity contribution is 7.99. The Bertz CT molecular complexity index is 1130. The van der Waals surface area contributed by atoms with Crippen LogP contribution in [0.1, 0.15) is 66.9 Å². The van der Waals surface area contributed by atoms with Crippen molar-refractivity contribution < 1.29 is 14.0 Å². The predicted octanol–water partition coefficient (Wildman–Crippen LogP) is 4.69. The lowest BCUT2D eigenvalue weighted by atomic mass is 9.95. The molecule has 0 atom stereocenters. The maximum atomic E-state index is 12.6. The van der Waals surface area contributed by atoms with E-state index >= 15 is 0 Å². The summed E-state index contributed by atoms with van der Waals surface area (Å²) in [6.45, 7) is 2.10. The molecule has 9 heteroatoms. The van der Waals surface area contributed by atoms with Gasteiger partial charge in [-0.15, -0.1) is 10.2 Å². The smallest absolute Gasteiger partial charge is 0.253 e. The first-order valence-electron chi connectivity index (χ1n) is 12.5. The second-order valence-corrected chi connectivity index (χ2v) is 10.1. The molecule has 0 radical (unpaired) electrons. The van der Waals surface area contributed by atoms with Gasteiger partial charge in [-0.05, 0) is 55.5 Å². The molecule has 0 unspecified atom stereocenters. The molecule has 8 nitrogen and oxygen atoms in total. The molecule has 184 valence electrons. The average Bonchev–Trinajstić information content (AvgIpc) is 3.68. The van der Waals surface area contributed by atoms with Gasteiger partial charge in [-0.2, -0.15) is 0 Å². The summed E-state index contributed by atoms with van der Waals surface area (Å²) < 4.78 is 7.75. The molecule has 35 heavy (non-hydrogen) atoms. The van der Waals surface area contributed by atoms with Crippen LogP contribution in [0.4, 0.5) is 0 Å². The summed E-state index contributed by atoms with van der Waals surface area (Å²) >= 11 is 1.41. The van der Waals surface area contributed by atoms with Crippen LogP contribution in [0.25, 0.3) is 11.6 Å². The third-order valence-corrected chi connectivity index (χ3v) is 7.71. The molecule has 3 heterocycles. The molecule has 3 aromatic rings. The number of hydrogen-bond donors (Lipinski definition) is 1. The zero-order valence-electron chi connectivity index (χ0n) is 19.8. The lowest BCUT2D eigenvalue weighted by Crippen LogP contribution is -2.27. The number of nitrogens with one attached hydrogen (secondary N) is 1. The maximum absolute atomic E-state index is 12.6. The highest BCUT2D eigenvalue weighted by Gasteiger charge is 2.25. The van der Waals surface area contributed by atoms with E-state index in [0.717, 1.165) is 55.3 Å². The zero-order chi connectivity index (χ0) is 24.0. The SMILES string of the molecule is O=C(CSc1nnc(-c2ccco2)n1C1CCCCC1)NCc1ccc(C(=O)N2CCCC2)cc1. The third kappa shape index (κ3) is 5.61. The molecular formula is C26H31N5O3S. The Kier molecular flexibility index (Phi) is 7.51. The molecular weight excluding hydrogens is 462 g/mol.